The highest BCUT2D eigenvalue weighted by atomic mass is 16.2. The van der Waals surface area contributed by atoms with Gasteiger partial charge in [-0.15, -0.1) is 0 Å². The number of likely N-dealkylation sites (N-methyl/N-ethyl adjacent to an activating group) is 1. The van der Waals surface area contributed by atoms with Crippen molar-refractivity contribution >= 4 is 11.8 Å². The van der Waals surface area contributed by atoms with Crippen LogP contribution >= 0.6 is 0 Å². The van der Waals surface area contributed by atoms with Crippen LogP contribution in [0.15, 0.2) is 0 Å². The van der Waals surface area contributed by atoms with E-state index in [0.717, 1.165) is 45.3 Å². The van der Waals surface area contributed by atoms with E-state index in [1.54, 1.807) is 0 Å². The zero-order valence-electron chi connectivity index (χ0n) is 15.7. The zero-order valence-corrected chi connectivity index (χ0v) is 15.7. The van der Waals surface area contributed by atoms with Gasteiger partial charge in [-0.25, -0.2) is 0 Å². The number of rotatable bonds is 6. The van der Waals surface area contributed by atoms with Crippen LogP contribution in [-0.2, 0) is 9.59 Å². The Labute approximate surface area is 146 Å². The lowest BCUT2D eigenvalue weighted by Gasteiger charge is -2.38. The SMILES string of the molecule is CC(C)[C@H](C(=O)N1CCCC(CNC(=O)C2CCCN2)C1)N(C)C. The van der Waals surface area contributed by atoms with Crippen molar-refractivity contribution in [2.75, 3.05) is 40.3 Å². The number of nitrogens with one attached hydrogen (secondary N) is 2. The molecule has 2 saturated heterocycles. The molecule has 2 aliphatic rings. The summed E-state index contributed by atoms with van der Waals surface area (Å²) in [7, 11) is 3.94. The summed E-state index contributed by atoms with van der Waals surface area (Å²) in [6.45, 7) is 7.40. The molecule has 2 unspecified atom stereocenters. The predicted molar refractivity (Wildman–Crippen MR) is 95.7 cm³/mol. The second-order valence-corrected chi connectivity index (χ2v) is 7.84. The van der Waals surface area contributed by atoms with Crippen LogP contribution in [0.4, 0.5) is 0 Å². The molecule has 138 valence electrons. The quantitative estimate of drug-likeness (QED) is 0.747. The molecular formula is C18H34N4O2. The van der Waals surface area contributed by atoms with E-state index < -0.39 is 0 Å². The number of piperidine rings is 1. The zero-order chi connectivity index (χ0) is 17.7. The van der Waals surface area contributed by atoms with E-state index in [-0.39, 0.29) is 23.9 Å². The van der Waals surface area contributed by atoms with Crippen molar-refractivity contribution in [3.05, 3.63) is 0 Å². The first-order chi connectivity index (χ1) is 11.4. The molecule has 3 atom stereocenters. The molecule has 2 fully saturated rings. The molecule has 0 saturated carbocycles. The lowest BCUT2D eigenvalue weighted by molar-refractivity contribution is -0.139. The van der Waals surface area contributed by atoms with Crippen molar-refractivity contribution in [3.63, 3.8) is 0 Å². The topological polar surface area (TPSA) is 64.7 Å². The van der Waals surface area contributed by atoms with Crippen LogP contribution < -0.4 is 10.6 Å². The van der Waals surface area contributed by atoms with E-state index >= 15 is 0 Å². The number of nitrogens with zero attached hydrogens (tertiary/aromatic N) is 2. The Bertz CT molecular complexity index is 425. The Kier molecular flexibility index (Phi) is 7.04. The van der Waals surface area contributed by atoms with Gasteiger partial charge in [0.25, 0.3) is 0 Å². The third kappa shape index (κ3) is 4.93. The molecule has 2 heterocycles. The van der Waals surface area contributed by atoms with Gasteiger partial charge in [0.2, 0.25) is 11.8 Å². The molecule has 0 bridgehead atoms. The lowest BCUT2D eigenvalue weighted by Crippen LogP contribution is -2.53. The molecule has 24 heavy (non-hydrogen) atoms. The highest BCUT2D eigenvalue weighted by Crippen LogP contribution is 2.20. The summed E-state index contributed by atoms with van der Waals surface area (Å²) in [4.78, 5) is 29.0. The molecule has 0 spiro atoms. The van der Waals surface area contributed by atoms with E-state index in [1.807, 2.05) is 23.9 Å². The Hall–Kier alpha value is -1.14. The van der Waals surface area contributed by atoms with Crippen molar-refractivity contribution < 1.29 is 9.59 Å². The minimum absolute atomic E-state index is 0.0228. The number of amides is 2. The summed E-state index contributed by atoms with van der Waals surface area (Å²) in [5, 5.41) is 6.31. The highest BCUT2D eigenvalue weighted by molar-refractivity contribution is 5.82. The van der Waals surface area contributed by atoms with Gasteiger partial charge in [-0.2, -0.15) is 0 Å². The minimum Gasteiger partial charge on any atom is -0.354 e. The van der Waals surface area contributed by atoms with Crippen LogP contribution in [0.1, 0.15) is 39.5 Å². The van der Waals surface area contributed by atoms with Gasteiger partial charge >= 0.3 is 0 Å². The fourth-order valence-corrected chi connectivity index (χ4v) is 4.00. The van der Waals surface area contributed by atoms with Crippen molar-refractivity contribution in [1.29, 1.82) is 0 Å². The van der Waals surface area contributed by atoms with Crippen LogP contribution in [0.3, 0.4) is 0 Å². The van der Waals surface area contributed by atoms with Gasteiger partial charge in [0, 0.05) is 19.6 Å². The summed E-state index contributed by atoms with van der Waals surface area (Å²) in [6, 6.07) is -0.0913. The number of hydrogen-bond donors (Lipinski definition) is 2. The average molecular weight is 338 g/mol. The predicted octanol–water partition coefficient (Wildman–Crippen LogP) is 0.679. The Morgan fingerprint density at radius 2 is 2.00 bits per heavy atom. The van der Waals surface area contributed by atoms with Gasteiger partial charge in [0.15, 0.2) is 0 Å². The second-order valence-electron chi connectivity index (χ2n) is 7.84. The molecule has 2 amide bonds. The molecular weight excluding hydrogens is 304 g/mol. The summed E-state index contributed by atoms with van der Waals surface area (Å²) in [5.41, 5.74) is 0. The average Bonchev–Trinajstić information content (AvgIpc) is 3.06. The molecule has 2 N–H and O–H groups in total. The monoisotopic (exact) mass is 338 g/mol. The first kappa shape index (κ1) is 19.2. The van der Waals surface area contributed by atoms with Crippen molar-refractivity contribution in [1.82, 2.24) is 20.4 Å². The van der Waals surface area contributed by atoms with E-state index in [2.05, 4.69) is 24.5 Å². The Balaban J connectivity index is 1.84. The second kappa shape index (κ2) is 8.81. The van der Waals surface area contributed by atoms with E-state index in [9.17, 15) is 9.59 Å². The van der Waals surface area contributed by atoms with E-state index in [1.165, 1.54) is 0 Å². The van der Waals surface area contributed by atoms with E-state index in [0.29, 0.717) is 18.4 Å². The van der Waals surface area contributed by atoms with Crippen LogP contribution in [0.25, 0.3) is 0 Å². The van der Waals surface area contributed by atoms with Crippen LogP contribution in [0.2, 0.25) is 0 Å². The summed E-state index contributed by atoms with van der Waals surface area (Å²) in [5.74, 6) is 0.997. The molecule has 0 aliphatic carbocycles. The first-order valence-electron chi connectivity index (χ1n) is 9.36. The number of carbonyl (C=O) groups is 2. The van der Waals surface area contributed by atoms with Crippen molar-refractivity contribution in [2.45, 2.75) is 51.6 Å². The van der Waals surface area contributed by atoms with Gasteiger partial charge < -0.3 is 15.5 Å². The summed E-state index contributed by atoms with van der Waals surface area (Å²) in [6.07, 6.45) is 4.10. The molecule has 2 aliphatic heterocycles. The standard InChI is InChI=1S/C18H34N4O2/c1-13(2)16(21(3)4)18(24)22-10-6-7-14(12-22)11-20-17(23)15-8-5-9-19-15/h13-16,19H,5-12H2,1-4H3,(H,20,23)/t14?,15?,16-/m1/s1. The molecule has 2 rings (SSSR count). The molecule has 6 nitrogen and oxygen atoms in total. The van der Waals surface area contributed by atoms with Crippen LogP contribution in [-0.4, -0.2) is 74.0 Å². The lowest BCUT2D eigenvalue weighted by atomic mass is 9.95. The van der Waals surface area contributed by atoms with Gasteiger partial charge in [0.05, 0.1) is 12.1 Å². The summed E-state index contributed by atoms with van der Waals surface area (Å²) < 4.78 is 0. The minimum atomic E-state index is -0.0685. The van der Waals surface area contributed by atoms with Crippen molar-refractivity contribution in [3.8, 4) is 0 Å². The van der Waals surface area contributed by atoms with Crippen molar-refractivity contribution in [2.24, 2.45) is 11.8 Å². The van der Waals surface area contributed by atoms with Gasteiger partial charge in [-0.3, -0.25) is 14.5 Å². The van der Waals surface area contributed by atoms with Gasteiger partial charge in [-0.05, 0) is 58.2 Å². The number of hydrogen-bond acceptors (Lipinski definition) is 4. The van der Waals surface area contributed by atoms with E-state index in [4.69, 9.17) is 0 Å². The maximum absolute atomic E-state index is 12.9. The highest BCUT2D eigenvalue weighted by Gasteiger charge is 2.32. The fourth-order valence-electron chi connectivity index (χ4n) is 4.00. The van der Waals surface area contributed by atoms with Crippen LogP contribution in [0.5, 0.6) is 0 Å². The van der Waals surface area contributed by atoms with Gasteiger partial charge in [-0.1, -0.05) is 13.8 Å². The maximum atomic E-state index is 12.9. The van der Waals surface area contributed by atoms with Gasteiger partial charge in [0.1, 0.15) is 0 Å². The third-order valence-corrected chi connectivity index (χ3v) is 5.21. The first-order valence-corrected chi connectivity index (χ1v) is 9.36. The molecule has 6 heteroatoms. The molecule has 0 aromatic carbocycles. The maximum Gasteiger partial charge on any atom is 0.240 e. The molecule has 0 aromatic rings. The Morgan fingerprint density at radius 3 is 2.58 bits per heavy atom. The normalized spacial score (nSPS) is 26.0. The van der Waals surface area contributed by atoms with Crippen LogP contribution in [0, 0.1) is 11.8 Å². The number of carbonyl (C=O) groups excluding carboxylic acids is 2. The molecule has 0 aromatic heterocycles. The molecule has 0 radical (unpaired) electrons. The largest absolute Gasteiger partial charge is 0.354 e. The summed E-state index contributed by atoms with van der Waals surface area (Å²) >= 11 is 0. The Morgan fingerprint density at radius 1 is 1.25 bits per heavy atom. The smallest absolute Gasteiger partial charge is 0.240 e. The number of likely N-dealkylation sites (tertiary alicyclic amines) is 1. The third-order valence-electron chi connectivity index (χ3n) is 5.21. The fraction of sp³-hybridized carbons (Fsp3) is 0.889.